The Morgan fingerprint density at radius 2 is 1.48 bits per heavy atom. The van der Waals surface area contributed by atoms with Crippen molar-refractivity contribution in [3.63, 3.8) is 0 Å². The van der Waals surface area contributed by atoms with Crippen molar-refractivity contribution in [3.8, 4) is 0 Å². The van der Waals surface area contributed by atoms with Gasteiger partial charge in [-0.2, -0.15) is 4.98 Å². The number of anilines is 2. The topological polar surface area (TPSA) is 50.7 Å². The second kappa shape index (κ2) is 6.48. The highest BCUT2D eigenvalue weighted by molar-refractivity contribution is 5.46. The van der Waals surface area contributed by atoms with Crippen LogP contribution in [0.4, 0.5) is 20.5 Å². The van der Waals surface area contributed by atoms with Crippen molar-refractivity contribution < 1.29 is 18.3 Å². The number of aromatic nitrogens is 2. The van der Waals surface area contributed by atoms with E-state index in [4.69, 9.17) is 9.47 Å². The predicted octanol–water partition coefficient (Wildman–Crippen LogP) is 1.09. The molecule has 3 heterocycles. The van der Waals surface area contributed by atoms with E-state index in [1.807, 2.05) is 9.80 Å². The van der Waals surface area contributed by atoms with Gasteiger partial charge in [0.05, 0.1) is 26.4 Å². The molecule has 0 unspecified atom stereocenters. The first-order chi connectivity index (χ1) is 10.2. The van der Waals surface area contributed by atoms with Crippen molar-refractivity contribution in [3.05, 3.63) is 11.8 Å². The average Bonchev–Trinajstić information content (AvgIpc) is 2.56. The van der Waals surface area contributed by atoms with Gasteiger partial charge in [-0.1, -0.05) is 0 Å². The van der Waals surface area contributed by atoms with Gasteiger partial charge in [0.1, 0.15) is 11.5 Å². The molecule has 8 heteroatoms. The highest BCUT2D eigenvalue weighted by atomic mass is 19.3. The van der Waals surface area contributed by atoms with Gasteiger partial charge in [-0.25, -0.2) is 13.8 Å². The second-order valence-electron chi connectivity index (χ2n) is 4.95. The molecule has 0 amide bonds. The van der Waals surface area contributed by atoms with Crippen molar-refractivity contribution in [2.45, 2.75) is 6.43 Å². The Labute approximate surface area is 121 Å². The summed E-state index contributed by atoms with van der Waals surface area (Å²) in [6.07, 6.45) is -2.60. The first-order valence-electron chi connectivity index (χ1n) is 7.06. The Kier molecular flexibility index (Phi) is 4.45. The van der Waals surface area contributed by atoms with E-state index in [2.05, 4.69) is 9.97 Å². The summed E-state index contributed by atoms with van der Waals surface area (Å²) < 4.78 is 36.7. The zero-order chi connectivity index (χ0) is 14.7. The van der Waals surface area contributed by atoms with Gasteiger partial charge in [-0.05, 0) is 0 Å². The highest BCUT2D eigenvalue weighted by Crippen LogP contribution is 2.25. The summed E-state index contributed by atoms with van der Waals surface area (Å²) in [6.45, 7) is 4.85. The van der Waals surface area contributed by atoms with Gasteiger partial charge in [0.25, 0.3) is 6.43 Å². The zero-order valence-corrected chi connectivity index (χ0v) is 11.7. The number of ether oxygens (including phenoxy) is 2. The van der Waals surface area contributed by atoms with Crippen LogP contribution in [0.2, 0.25) is 0 Å². The van der Waals surface area contributed by atoms with E-state index in [9.17, 15) is 8.78 Å². The summed E-state index contributed by atoms with van der Waals surface area (Å²) in [5, 5.41) is 0. The van der Waals surface area contributed by atoms with E-state index in [0.717, 1.165) is 0 Å². The maximum atomic E-state index is 13.1. The third kappa shape index (κ3) is 3.38. The van der Waals surface area contributed by atoms with Crippen LogP contribution >= 0.6 is 0 Å². The molecule has 0 radical (unpaired) electrons. The molecule has 21 heavy (non-hydrogen) atoms. The van der Waals surface area contributed by atoms with Crippen LogP contribution in [0.5, 0.6) is 0 Å². The molecule has 0 atom stereocenters. The number of hydrogen-bond donors (Lipinski definition) is 0. The lowest BCUT2D eigenvalue weighted by Gasteiger charge is -2.31. The molecule has 1 aromatic heterocycles. The molecule has 0 bridgehead atoms. The van der Waals surface area contributed by atoms with Crippen LogP contribution in [0, 0.1) is 0 Å². The summed E-state index contributed by atoms with van der Waals surface area (Å²) in [5.74, 6) is 0.905. The fourth-order valence-electron chi connectivity index (χ4n) is 2.41. The molecular weight excluding hydrogens is 282 g/mol. The van der Waals surface area contributed by atoms with E-state index in [1.165, 1.54) is 6.07 Å². The number of hydrogen-bond acceptors (Lipinski definition) is 6. The number of nitrogens with zero attached hydrogens (tertiary/aromatic N) is 4. The molecule has 2 aliphatic rings. The first-order valence-corrected chi connectivity index (χ1v) is 7.06. The number of morpholine rings is 2. The fourth-order valence-corrected chi connectivity index (χ4v) is 2.41. The maximum Gasteiger partial charge on any atom is 0.280 e. The third-order valence-corrected chi connectivity index (χ3v) is 3.57. The average molecular weight is 300 g/mol. The standard InChI is InChI=1S/C13H18F2N4O2/c14-12(15)10-9-11(18-1-5-20-6-2-18)17-13(16-10)19-3-7-21-8-4-19/h9,12H,1-8H2. The Bertz CT molecular complexity index is 441. The van der Waals surface area contributed by atoms with E-state index >= 15 is 0 Å². The molecule has 6 nitrogen and oxygen atoms in total. The number of rotatable bonds is 3. The molecule has 0 saturated carbocycles. The minimum absolute atomic E-state index is 0.229. The SMILES string of the molecule is FC(F)c1cc(N2CCOCC2)nc(N2CCOCC2)n1. The van der Waals surface area contributed by atoms with Crippen molar-refractivity contribution in [2.75, 3.05) is 62.4 Å². The van der Waals surface area contributed by atoms with Gasteiger partial charge >= 0.3 is 0 Å². The van der Waals surface area contributed by atoms with Crippen LogP contribution < -0.4 is 9.80 Å². The van der Waals surface area contributed by atoms with Crippen LogP contribution in [0.3, 0.4) is 0 Å². The highest BCUT2D eigenvalue weighted by Gasteiger charge is 2.21. The van der Waals surface area contributed by atoms with Gasteiger partial charge in [0.2, 0.25) is 5.95 Å². The molecule has 116 valence electrons. The molecule has 2 saturated heterocycles. The van der Waals surface area contributed by atoms with Gasteiger partial charge in [-0.15, -0.1) is 0 Å². The Hall–Kier alpha value is -1.54. The quantitative estimate of drug-likeness (QED) is 0.833. The van der Waals surface area contributed by atoms with Gasteiger partial charge < -0.3 is 19.3 Å². The molecule has 2 fully saturated rings. The molecular formula is C13H18F2N4O2. The molecule has 1 aromatic rings. The minimum atomic E-state index is -2.60. The van der Waals surface area contributed by atoms with Crippen LogP contribution in [-0.2, 0) is 9.47 Å². The normalized spacial score (nSPS) is 20.1. The predicted molar refractivity (Wildman–Crippen MR) is 73.1 cm³/mol. The molecule has 0 spiro atoms. The third-order valence-electron chi connectivity index (χ3n) is 3.57. The lowest BCUT2D eigenvalue weighted by Crippen LogP contribution is -2.39. The number of halogens is 2. The van der Waals surface area contributed by atoms with Crippen molar-refractivity contribution in [1.82, 2.24) is 9.97 Å². The summed E-state index contributed by atoms with van der Waals surface area (Å²) in [4.78, 5) is 12.3. The lowest BCUT2D eigenvalue weighted by atomic mass is 10.3. The molecule has 0 aliphatic carbocycles. The van der Waals surface area contributed by atoms with Crippen molar-refractivity contribution in [2.24, 2.45) is 0 Å². The summed E-state index contributed by atoms with van der Waals surface area (Å²) in [5.41, 5.74) is -0.229. The zero-order valence-electron chi connectivity index (χ0n) is 11.7. The largest absolute Gasteiger partial charge is 0.378 e. The summed E-state index contributed by atoms with van der Waals surface area (Å²) >= 11 is 0. The second-order valence-corrected chi connectivity index (χ2v) is 4.95. The van der Waals surface area contributed by atoms with Gasteiger partial charge in [-0.3, -0.25) is 0 Å². The maximum absolute atomic E-state index is 13.1. The van der Waals surface area contributed by atoms with E-state index in [-0.39, 0.29) is 5.69 Å². The summed E-state index contributed by atoms with van der Waals surface area (Å²) in [6, 6.07) is 1.37. The minimum Gasteiger partial charge on any atom is -0.378 e. The molecule has 2 aliphatic heterocycles. The van der Waals surface area contributed by atoms with Crippen molar-refractivity contribution in [1.29, 1.82) is 0 Å². The van der Waals surface area contributed by atoms with E-state index in [1.54, 1.807) is 0 Å². The monoisotopic (exact) mass is 300 g/mol. The van der Waals surface area contributed by atoms with E-state index in [0.29, 0.717) is 64.4 Å². The van der Waals surface area contributed by atoms with Crippen LogP contribution in [0.15, 0.2) is 6.07 Å². The molecule has 0 aromatic carbocycles. The number of alkyl halides is 2. The van der Waals surface area contributed by atoms with Crippen molar-refractivity contribution >= 4 is 11.8 Å². The van der Waals surface area contributed by atoms with Crippen LogP contribution in [0.25, 0.3) is 0 Å². The summed E-state index contributed by atoms with van der Waals surface area (Å²) in [7, 11) is 0. The van der Waals surface area contributed by atoms with E-state index < -0.39 is 6.43 Å². The first kappa shape index (κ1) is 14.4. The van der Waals surface area contributed by atoms with Crippen LogP contribution in [0.1, 0.15) is 12.1 Å². The Balaban J connectivity index is 1.89. The smallest absolute Gasteiger partial charge is 0.280 e. The Morgan fingerprint density at radius 3 is 2.05 bits per heavy atom. The lowest BCUT2D eigenvalue weighted by molar-refractivity contribution is 0.120. The Morgan fingerprint density at radius 1 is 0.905 bits per heavy atom. The van der Waals surface area contributed by atoms with Gasteiger partial charge in [0, 0.05) is 32.2 Å². The molecule has 0 N–H and O–H groups in total. The van der Waals surface area contributed by atoms with Gasteiger partial charge in [0.15, 0.2) is 0 Å². The molecule has 3 rings (SSSR count). The fraction of sp³-hybridized carbons (Fsp3) is 0.692. The van der Waals surface area contributed by atoms with Crippen LogP contribution in [-0.4, -0.2) is 62.6 Å².